The van der Waals surface area contributed by atoms with Crippen LogP contribution in [0.1, 0.15) is 52.9 Å². The summed E-state index contributed by atoms with van der Waals surface area (Å²) >= 11 is 0. The molecule has 0 saturated carbocycles. The minimum Gasteiger partial charge on any atom is -0.330 e. The number of hydrogen-bond acceptors (Lipinski definition) is 2. The van der Waals surface area contributed by atoms with Gasteiger partial charge < -0.3 is 10.6 Å². The SMILES string of the molecule is CC1CCN(CCCCC(C)(C)CN)CC1. The highest BCUT2D eigenvalue weighted by Crippen LogP contribution is 2.22. The summed E-state index contributed by atoms with van der Waals surface area (Å²) < 4.78 is 0. The maximum atomic E-state index is 5.74. The van der Waals surface area contributed by atoms with Crippen LogP contribution in [0.5, 0.6) is 0 Å². The first-order chi connectivity index (χ1) is 7.53. The van der Waals surface area contributed by atoms with E-state index in [0.717, 1.165) is 12.5 Å². The molecule has 0 aliphatic carbocycles. The highest BCUT2D eigenvalue weighted by molar-refractivity contribution is 4.71. The fraction of sp³-hybridized carbons (Fsp3) is 1.00. The predicted octanol–water partition coefficient (Wildman–Crippen LogP) is 2.87. The summed E-state index contributed by atoms with van der Waals surface area (Å²) in [6.07, 6.45) is 6.74. The van der Waals surface area contributed by atoms with E-state index in [1.54, 1.807) is 0 Å². The van der Waals surface area contributed by atoms with Crippen molar-refractivity contribution in [3.8, 4) is 0 Å². The van der Waals surface area contributed by atoms with Gasteiger partial charge in [-0.15, -0.1) is 0 Å². The van der Waals surface area contributed by atoms with E-state index < -0.39 is 0 Å². The second-order valence-electron chi connectivity index (χ2n) is 6.35. The molecule has 1 rings (SSSR count). The number of nitrogens with two attached hydrogens (primary N) is 1. The quantitative estimate of drug-likeness (QED) is 0.706. The van der Waals surface area contributed by atoms with Crippen molar-refractivity contribution in [3.05, 3.63) is 0 Å². The third-order valence-electron chi connectivity index (χ3n) is 4.01. The zero-order chi connectivity index (χ0) is 12.0. The average Bonchev–Trinajstić information content (AvgIpc) is 2.27. The van der Waals surface area contributed by atoms with Crippen molar-refractivity contribution in [3.63, 3.8) is 0 Å². The standard InChI is InChI=1S/C14H30N2/c1-13-6-10-16(11-7-13)9-5-4-8-14(2,3)12-15/h13H,4-12,15H2,1-3H3. The molecule has 1 heterocycles. The van der Waals surface area contributed by atoms with Crippen LogP contribution in [-0.2, 0) is 0 Å². The van der Waals surface area contributed by atoms with Crippen molar-refractivity contribution in [1.29, 1.82) is 0 Å². The first-order valence-corrected chi connectivity index (χ1v) is 6.96. The molecule has 1 saturated heterocycles. The molecule has 0 atom stereocenters. The molecule has 1 aliphatic heterocycles. The first kappa shape index (κ1) is 14.0. The van der Waals surface area contributed by atoms with E-state index in [9.17, 15) is 0 Å². The van der Waals surface area contributed by atoms with Gasteiger partial charge in [0.15, 0.2) is 0 Å². The average molecular weight is 226 g/mol. The molecule has 0 unspecified atom stereocenters. The van der Waals surface area contributed by atoms with Crippen LogP contribution in [0.4, 0.5) is 0 Å². The van der Waals surface area contributed by atoms with Gasteiger partial charge in [0.2, 0.25) is 0 Å². The molecule has 1 fully saturated rings. The number of unbranched alkanes of at least 4 members (excludes halogenated alkanes) is 1. The van der Waals surface area contributed by atoms with Gasteiger partial charge in [-0.05, 0) is 63.2 Å². The van der Waals surface area contributed by atoms with Crippen molar-refractivity contribution in [2.24, 2.45) is 17.1 Å². The van der Waals surface area contributed by atoms with Crippen LogP contribution in [0, 0.1) is 11.3 Å². The smallest absolute Gasteiger partial charge is 0.00162 e. The van der Waals surface area contributed by atoms with E-state index in [-0.39, 0.29) is 0 Å². The van der Waals surface area contributed by atoms with Crippen LogP contribution in [-0.4, -0.2) is 31.1 Å². The monoisotopic (exact) mass is 226 g/mol. The van der Waals surface area contributed by atoms with Crippen LogP contribution < -0.4 is 5.73 Å². The predicted molar refractivity (Wildman–Crippen MR) is 71.5 cm³/mol. The number of likely N-dealkylation sites (tertiary alicyclic amines) is 1. The minimum absolute atomic E-state index is 0.344. The van der Waals surface area contributed by atoms with E-state index in [0.29, 0.717) is 5.41 Å². The molecule has 2 N–H and O–H groups in total. The van der Waals surface area contributed by atoms with Crippen LogP contribution in [0.3, 0.4) is 0 Å². The lowest BCUT2D eigenvalue weighted by Gasteiger charge is -2.30. The summed E-state index contributed by atoms with van der Waals surface area (Å²) in [5.74, 6) is 0.951. The molecule has 0 aromatic heterocycles. The molecule has 0 bridgehead atoms. The summed E-state index contributed by atoms with van der Waals surface area (Å²) in [5, 5.41) is 0. The zero-order valence-corrected chi connectivity index (χ0v) is 11.5. The number of hydrogen-bond donors (Lipinski definition) is 1. The van der Waals surface area contributed by atoms with Crippen LogP contribution in [0.25, 0.3) is 0 Å². The Kier molecular flexibility index (Phi) is 5.77. The third kappa shape index (κ3) is 5.31. The Labute approximate surface area is 102 Å². The highest BCUT2D eigenvalue weighted by Gasteiger charge is 2.17. The highest BCUT2D eigenvalue weighted by atomic mass is 15.1. The third-order valence-corrected chi connectivity index (χ3v) is 4.01. The molecule has 1 aliphatic rings. The van der Waals surface area contributed by atoms with Crippen molar-refractivity contribution in [1.82, 2.24) is 4.90 Å². The second-order valence-corrected chi connectivity index (χ2v) is 6.35. The molecule has 0 amide bonds. The normalized spacial score (nSPS) is 20.2. The lowest BCUT2D eigenvalue weighted by Crippen LogP contribution is -2.33. The lowest BCUT2D eigenvalue weighted by atomic mass is 9.87. The van der Waals surface area contributed by atoms with Gasteiger partial charge in [0.25, 0.3) is 0 Å². The molecule has 2 nitrogen and oxygen atoms in total. The molecular weight excluding hydrogens is 196 g/mol. The Hall–Kier alpha value is -0.0800. The van der Waals surface area contributed by atoms with E-state index in [2.05, 4.69) is 25.7 Å². The van der Waals surface area contributed by atoms with Gasteiger partial charge in [-0.3, -0.25) is 0 Å². The van der Waals surface area contributed by atoms with E-state index in [1.165, 1.54) is 51.7 Å². The largest absolute Gasteiger partial charge is 0.330 e. The molecule has 16 heavy (non-hydrogen) atoms. The summed E-state index contributed by atoms with van der Waals surface area (Å²) in [5.41, 5.74) is 6.08. The Bertz CT molecular complexity index is 181. The summed E-state index contributed by atoms with van der Waals surface area (Å²) in [7, 11) is 0. The van der Waals surface area contributed by atoms with Gasteiger partial charge in [0, 0.05) is 0 Å². The first-order valence-electron chi connectivity index (χ1n) is 6.96. The topological polar surface area (TPSA) is 29.3 Å². The Morgan fingerprint density at radius 1 is 1.19 bits per heavy atom. The fourth-order valence-corrected chi connectivity index (χ4v) is 2.33. The van der Waals surface area contributed by atoms with Gasteiger partial charge in [-0.1, -0.05) is 27.2 Å². The molecule has 0 spiro atoms. The Balaban J connectivity index is 2.03. The summed E-state index contributed by atoms with van der Waals surface area (Å²) in [6.45, 7) is 11.7. The number of nitrogens with zero attached hydrogens (tertiary/aromatic N) is 1. The number of rotatable bonds is 6. The van der Waals surface area contributed by atoms with Gasteiger partial charge in [0.1, 0.15) is 0 Å². The van der Waals surface area contributed by atoms with Crippen molar-refractivity contribution >= 4 is 0 Å². The van der Waals surface area contributed by atoms with E-state index in [1.807, 2.05) is 0 Å². The molecule has 2 heteroatoms. The van der Waals surface area contributed by atoms with Crippen LogP contribution in [0.15, 0.2) is 0 Å². The van der Waals surface area contributed by atoms with Crippen molar-refractivity contribution in [2.45, 2.75) is 52.9 Å². The maximum absolute atomic E-state index is 5.74. The van der Waals surface area contributed by atoms with Gasteiger partial charge in [-0.25, -0.2) is 0 Å². The van der Waals surface area contributed by atoms with Gasteiger partial charge >= 0.3 is 0 Å². The second kappa shape index (κ2) is 6.61. The van der Waals surface area contributed by atoms with Crippen molar-refractivity contribution in [2.75, 3.05) is 26.2 Å². The molecule has 0 aromatic rings. The van der Waals surface area contributed by atoms with Gasteiger partial charge in [0.05, 0.1) is 0 Å². The molecule has 0 aromatic carbocycles. The molecule has 0 radical (unpaired) electrons. The lowest BCUT2D eigenvalue weighted by molar-refractivity contribution is 0.186. The van der Waals surface area contributed by atoms with Crippen LogP contribution in [0.2, 0.25) is 0 Å². The summed E-state index contributed by atoms with van der Waals surface area (Å²) in [6, 6.07) is 0. The Morgan fingerprint density at radius 3 is 2.38 bits per heavy atom. The maximum Gasteiger partial charge on any atom is -0.00162 e. The zero-order valence-electron chi connectivity index (χ0n) is 11.5. The van der Waals surface area contributed by atoms with Gasteiger partial charge in [-0.2, -0.15) is 0 Å². The summed E-state index contributed by atoms with van der Waals surface area (Å²) in [4.78, 5) is 2.63. The van der Waals surface area contributed by atoms with Crippen LogP contribution >= 0.6 is 0 Å². The van der Waals surface area contributed by atoms with Crippen molar-refractivity contribution < 1.29 is 0 Å². The molecular formula is C14H30N2. The van der Waals surface area contributed by atoms with E-state index >= 15 is 0 Å². The Morgan fingerprint density at radius 2 is 1.81 bits per heavy atom. The molecule has 96 valence electrons. The fourth-order valence-electron chi connectivity index (χ4n) is 2.33. The number of piperidine rings is 1. The minimum atomic E-state index is 0.344. The van der Waals surface area contributed by atoms with E-state index in [4.69, 9.17) is 5.73 Å².